The van der Waals surface area contributed by atoms with Gasteiger partial charge in [0.05, 0.1) is 0 Å². The van der Waals surface area contributed by atoms with E-state index in [9.17, 15) is 9.18 Å². The molecule has 6 heteroatoms. The number of aromatic amines is 1. The number of halogens is 1. The largest absolute Gasteiger partial charge is 0.359 e. The first-order valence-corrected chi connectivity index (χ1v) is 8.95. The van der Waals surface area contributed by atoms with Crippen LogP contribution in [-0.2, 0) is 6.54 Å². The zero-order valence-electron chi connectivity index (χ0n) is 15.6. The first kappa shape index (κ1) is 17.9. The third-order valence-electron chi connectivity index (χ3n) is 4.58. The summed E-state index contributed by atoms with van der Waals surface area (Å²) in [5.74, 6) is -0.0691. The molecule has 0 atom stereocenters. The number of rotatable bonds is 4. The Hall–Kier alpha value is -3.54. The second-order valence-corrected chi connectivity index (χ2v) is 6.79. The number of aryl methyl sites for hydroxylation is 2. The molecule has 0 bridgehead atoms. The summed E-state index contributed by atoms with van der Waals surface area (Å²) in [6, 6.07) is 14.3. The summed E-state index contributed by atoms with van der Waals surface area (Å²) in [4.78, 5) is 24.5. The number of carbonyl (C=O) groups excluding carboxylic acids is 1. The first-order valence-electron chi connectivity index (χ1n) is 8.95. The lowest BCUT2D eigenvalue weighted by Crippen LogP contribution is -2.24. The summed E-state index contributed by atoms with van der Waals surface area (Å²) in [5.41, 5.74) is 4.63. The van der Waals surface area contributed by atoms with Crippen molar-refractivity contribution in [1.29, 1.82) is 0 Å². The van der Waals surface area contributed by atoms with Crippen LogP contribution in [0.15, 0.2) is 54.7 Å². The summed E-state index contributed by atoms with van der Waals surface area (Å²) in [6.07, 6.45) is 1.58. The summed E-state index contributed by atoms with van der Waals surface area (Å²) >= 11 is 0. The minimum atomic E-state index is -0.302. The average molecular weight is 374 g/mol. The molecular formula is C22H19FN4O. The van der Waals surface area contributed by atoms with Gasteiger partial charge in [-0.3, -0.25) is 4.79 Å². The molecule has 0 saturated heterocycles. The molecule has 0 spiro atoms. The van der Waals surface area contributed by atoms with E-state index in [1.54, 1.807) is 31.3 Å². The average Bonchev–Trinajstić information content (AvgIpc) is 3.08. The Morgan fingerprint density at radius 3 is 2.79 bits per heavy atom. The van der Waals surface area contributed by atoms with Crippen molar-refractivity contribution in [2.24, 2.45) is 0 Å². The molecule has 2 aromatic carbocycles. The van der Waals surface area contributed by atoms with E-state index in [0.29, 0.717) is 17.9 Å². The summed E-state index contributed by atoms with van der Waals surface area (Å²) < 4.78 is 13.4. The molecule has 2 N–H and O–H groups in total. The molecule has 5 nitrogen and oxygen atoms in total. The normalized spacial score (nSPS) is 11.0. The van der Waals surface area contributed by atoms with Gasteiger partial charge < -0.3 is 10.3 Å². The van der Waals surface area contributed by atoms with E-state index in [1.165, 1.54) is 6.07 Å². The van der Waals surface area contributed by atoms with Gasteiger partial charge in [-0.2, -0.15) is 0 Å². The van der Waals surface area contributed by atoms with Crippen molar-refractivity contribution in [3.63, 3.8) is 0 Å². The Kier molecular flexibility index (Phi) is 4.61. The summed E-state index contributed by atoms with van der Waals surface area (Å²) in [5, 5.41) is 3.89. The number of nitrogens with zero attached hydrogens (tertiary/aromatic N) is 2. The molecule has 0 aliphatic rings. The molecule has 1 amide bonds. The number of amides is 1. The highest BCUT2D eigenvalue weighted by atomic mass is 19.1. The Bertz CT molecular complexity index is 1180. The van der Waals surface area contributed by atoms with Crippen LogP contribution >= 0.6 is 0 Å². The van der Waals surface area contributed by atoms with Gasteiger partial charge in [0.2, 0.25) is 0 Å². The molecule has 0 aliphatic heterocycles. The van der Waals surface area contributed by atoms with Crippen LogP contribution in [0.1, 0.15) is 27.3 Å². The fourth-order valence-electron chi connectivity index (χ4n) is 3.13. The van der Waals surface area contributed by atoms with Crippen LogP contribution in [0.2, 0.25) is 0 Å². The molecular weight excluding hydrogens is 355 g/mol. The van der Waals surface area contributed by atoms with Gasteiger partial charge >= 0.3 is 0 Å². The van der Waals surface area contributed by atoms with E-state index in [4.69, 9.17) is 0 Å². The molecule has 0 aliphatic carbocycles. The second-order valence-electron chi connectivity index (χ2n) is 6.79. The number of carbonyl (C=O) groups is 1. The van der Waals surface area contributed by atoms with E-state index in [1.807, 2.05) is 25.1 Å². The molecule has 0 fully saturated rings. The van der Waals surface area contributed by atoms with Gasteiger partial charge in [0.15, 0.2) is 5.82 Å². The molecule has 28 heavy (non-hydrogen) atoms. The van der Waals surface area contributed by atoms with Crippen LogP contribution in [-0.4, -0.2) is 20.9 Å². The van der Waals surface area contributed by atoms with Crippen molar-refractivity contribution >= 4 is 16.8 Å². The van der Waals surface area contributed by atoms with Crippen LogP contribution in [0.5, 0.6) is 0 Å². The lowest BCUT2D eigenvalue weighted by molar-refractivity contribution is 0.0946. The van der Waals surface area contributed by atoms with Crippen molar-refractivity contribution in [2.45, 2.75) is 20.4 Å². The van der Waals surface area contributed by atoms with Crippen molar-refractivity contribution in [1.82, 2.24) is 20.3 Å². The minimum Gasteiger partial charge on any atom is -0.359 e. The smallest absolute Gasteiger partial charge is 0.270 e. The van der Waals surface area contributed by atoms with Gasteiger partial charge in [-0.15, -0.1) is 0 Å². The van der Waals surface area contributed by atoms with Crippen molar-refractivity contribution < 1.29 is 9.18 Å². The molecule has 4 rings (SSSR count). The maximum Gasteiger partial charge on any atom is 0.270 e. The zero-order chi connectivity index (χ0) is 19.7. The minimum absolute atomic E-state index is 0.259. The maximum absolute atomic E-state index is 13.4. The quantitative estimate of drug-likeness (QED) is 0.559. The second kappa shape index (κ2) is 7.23. The van der Waals surface area contributed by atoms with Gasteiger partial charge in [0.25, 0.3) is 5.91 Å². The van der Waals surface area contributed by atoms with Gasteiger partial charge in [0.1, 0.15) is 11.5 Å². The predicted molar refractivity (Wildman–Crippen MR) is 106 cm³/mol. The number of aromatic nitrogens is 3. The van der Waals surface area contributed by atoms with Crippen molar-refractivity contribution in [3.05, 3.63) is 83.1 Å². The van der Waals surface area contributed by atoms with E-state index in [-0.39, 0.29) is 17.4 Å². The number of fused-ring (bicyclic) bond motifs is 1. The van der Waals surface area contributed by atoms with Gasteiger partial charge in [-0.1, -0.05) is 12.1 Å². The highest BCUT2D eigenvalue weighted by Gasteiger charge is 2.11. The molecule has 2 heterocycles. The van der Waals surface area contributed by atoms with Crippen LogP contribution in [0.4, 0.5) is 4.39 Å². The van der Waals surface area contributed by atoms with E-state index in [0.717, 1.165) is 27.7 Å². The topological polar surface area (TPSA) is 70.7 Å². The Labute approximate surface area is 161 Å². The zero-order valence-corrected chi connectivity index (χ0v) is 15.6. The van der Waals surface area contributed by atoms with E-state index < -0.39 is 0 Å². The van der Waals surface area contributed by atoms with Gasteiger partial charge in [0, 0.05) is 34.9 Å². The lowest BCUT2D eigenvalue weighted by atomic mass is 10.1. The molecule has 4 aromatic rings. The third kappa shape index (κ3) is 3.62. The van der Waals surface area contributed by atoms with Crippen LogP contribution in [0, 0.1) is 19.7 Å². The molecule has 2 aromatic heterocycles. The molecule has 140 valence electrons. The number of hydrogen-bond acceptors (Lipinski definition) is 3. The highest BCUT2D eigenvalue weighted by molar-refractivity contribution is 5.92. The maximum atomic E-state index is 13.4. The van der Waals surface area contributed by atoms with Crippen LogP contribution in [0.3, 0.4) is 0 Å². The Morgan fingerprint density at radius 2 is 1.96 bits per heavy atom. The lowest BCUT2D eigenvalue weighted by Gasteiger charge is -2.07. The third-order valence-corrected chi connectivity index (χ3v) is 4.58. The number of benzene rings is 2. The van der Waals surface area contributed by atoms with Crippen LogP contribution < -0.4 is 5.32 Å². The number of nitrogens with one attached hydrogen (secondary N) is 2. The summed E-state index contributed by atoms with van der Waals surface area (Å²) in [7, 11) is 0. The monoisotopic (exact) mass is 374 g/mol. The van der Waals surface area contributed by atoms with Crippen molar-refractivity contribution in [3.8, 4) is 11.4 Å². The van der Waals surface area contributed by atoms with Gasteiger partial charge in [-0.05, 0) is 61.4 Å². The SMILES string of the molecule is Cc1cc2cc(-c3nccc(C(=O)NCc4ccc(F)c(C)c4)n3)ccc2[nH]1. The Morgan fingerprint density at radius 1 is 1.11 bits per heavy atom. The fraction of sp³-hybridized carbons (Fsp3) is 0.136. The molecule has 0 saturated carbocycles. The summed E-state index contributed by atoms with van der Waals surface area (Å²) in [6.45, 7) is 4.00. The Balaban J connectivity index is 1.53. The predicted octanol–water partition coefficient (Wildman–Crippen LogP) is 4.31. The van der Waals surface area contributed by atoms with E-state index in [2.05, 4.69) is 26.3 Å². The molecule has 0 radical (unpaired) electrons. The van der Waals surface area contributed by atoms with E-state index >= 15 is 0 Å². The fourth-order valence-corrected chi connectivity index (χ4v) is 3.13. The van der Waals surface area contributed by atoms with Crippen molar-refractivity contribution in [2.75, 3.05) is 0 Å². The van der Waals surface area contributed by atoms with Gasteiger partial charge in [-0.25, -0.2) is 14.4 Å². The number of H-pyrrole nitrogens is 1. The first-order chi connectivity index (χ1) is 13.5. The standard InChI is InChI=1S/C22H19FN4O/c1-13-9-15(3-5-18(13)23)12-25-22(28)20-7-8-24-21(27-20)16-4-6-19-17(11-16)10-14(2)26-19/h3-11,26H,12H2,1-2H3,(H,25,28). The number of hydrogen-bond donors (Lipinski definition) is 2. The van der Waals surface area contributed by atoms with Crippen LogP contribution in [0.25, 0.3) is 22.3 Å². The highest BCUT2D eigenvalue weighted by Crippen LogP contribution is 2.22. The molecule has 0 unspecified atom stereocenters.